The molecule has 1 heterocycles. The highest BCUT2D eigenvalue weighted by molar-refractivity contribution is 9.10. The zero-order chi connectivity index (χ0) is 22.2. The van der Waals surface area contributed by atoms with Gasteiger partial charge in [0.25, 0.3) is 0 Å². The van der Waals surface area contributed by atoms with E-state index in [1.165, 1.54) is 0 Å². The number of nitrogens with one attached hydrogen (secondary N) is 1. The zero-order valence-electron chi connectivity index (χ0n) is 18.0. The van der Waals surface area contributed by atoms with Crippen LogP contribution in [0.2, 0.25) is 0 Å². The number of aromatic amines is 1. The molecule has 4 atom stereocenters. The van der Waals surface area contributed by atoms with Gasteiger partial charge in [0.05, 0.1) is 16.5 Å². The number of primary amides is 2. The number of imidazole rings is 1. The van der Waals surface area contributed by atoms with Crippen molar-refractivity contribution in [2.45, 2.75) is 57.8 Å². The summed E-state index contributed by atoms with van der Waals surface area (Å²) in [4.78, 5) is 34.9. The Kier molecular flexibility index (Phi) is 4.46. The number of rotatable bonds is 6. The van der Waals surface area contributed by atoms with Gasteiger partial charge in [-0.1, -0.05) is 28.1 Å². The van der Waals surface area contributed by atoms with E-state index in [1.54, 1.807) is 0 Å². The van der Waals surface area contributed by atoms with Crippen LogP contribution in [-0.2, 0) is 21.4 Å². The summed E-state index contributed by atoms with van der Waals surface area (Å²) in [6.07, 6.45) is 4.95. The molecular formula is C24H29BrN4O2. The van der Waals surface area contributed by atoms with E-state index in [2.05, 4.69) is 25.9 Å². The second-order valence-corrected chi connectivity index (χ2v) is 10.7. The lowest BCUT2D eigenvalue weighted by Crippen LogP contribution is -2.63. The molecule has 7 heteroatoms. The Balaban J connectivity index is 1.70. The van der Waals surface area contributed by atoms with Crippen molar-refractivity contribution in [3.05, 3.63) is 51.5 Å². The average molecular weight is 485 g/mol. The van der Waals surface area contributed by atoms with Crippen molar-refractivity contribution in [2.24, 2.45) is 34.1 Å². The van der Waals surface area contributed by atoms with Crippen LogP contribution in [0.3, 0.4) is 0 Å². The Morgan fingerprint density at radius 3 is 2.26 bits per heavy atom. The number of nitrogens with zero attached hydrogens (tertiary/aromatic N) is 1. The van der Waals surface area contributed by atoms with Gasteiger partial charge in [-0.25, -0.2) is 4.98 Å². The minimum Gasteiger partial charge on any atom is -0.369 e. The fourth-order valence-electron chi connectivity index (χ4n) is 7.58. The highest BCUT2D eigenvalue weighted by Gasteiger charge is 2.83. The first kappa shape index (κ1) is 20.7. The van der Waals surface area contributed by atoms with Gasteiger partial charge in [0.2, 0.25) is 11.8 Å². The number of hydrogen-bond acceptors (Lipinski definition) is 3. The molecule has 0 aliphatic heterocycles. The van der Waals surface area contributed by atoms with Gasteiger partial charge < -0.3 is 16.5 Å². The van der Waals surface area contributed by atoms with Crippen LogP contribution in [0.1, 0.15) is 54.9 Å². The van der Waals surface area contributed by atoms with Crippen molar-refractivity contribution < 1.29 is 9.59 Å². The molecule has 1 aromatic heterocycles. The number of H-pyrrole nitrogens is 1. The fourth-order valence-corrected chi connectivity index (χ4v) is 7.85. The predicted octanol–water partition coefficient (Wildman–Crippen LogP) is 3.44. The highest BCUT2D eigenvalue weighted by Crippen LogP contribution is 2.82. The lowest BCUT2D eigenvalue weighted by atomic mass is 9.51. The van der Waals surface area contributed by atoms with Crippen LogP contribution in [0, 0.1) is 36.5 Å². The molecule has 3 saturated carbocycles. The van der Waals surface area contributed by atoms with Crippen LogP contribution in [0.4, 0.5) is 0 Å². The number of aryl methyl sites for hydroxylation is 3. The molecular weight excluding hydrogens is 456 g/mol. The molecule has 2 amide bonds. The van der Waals surface area contributed by atoms with E-state index in [0.717, 1.165) is 52.9 Å². The molecule has 0 saturated heterocycles. The molecule has 6 nitrogen and oxygen atoms in total. The van der Waals surface area contributed by atoms with Crippen LogP contribution in [0.15, 0.2) is 28.7 Å². The monoisotopic (exact) mass is 484 g/mol. The normalized spacial score (nSPS) is 32.5. The molecule has 164 valence electrons. The predicted molar refractivity (Wildman–Crippen MR) is 121 cm³/mol. The molecule has 2 aromatic rings. The third-order valence-electron chi connectivity index (χ3n) is 8.84. The Morgan fingerprint density at radius 1 is 1.10 bits per heavy atom. The summed E-state index contributed by atoms with van der Waals surface area (Å²) in [5.41, 5.74) is 13.2. The fraction of sp³-hybridized carbons (Fsp3) is 0.542. The first-order valence-corrected chi connectivity index (χ1v) is 11.9. The number of hydrogen-bond donors (Lipinski definition) is 3. The summed E-state index contributed by atoms with van der Waals surface area (Å²) in [5, 5.41) is 0. The third kappa shape index (κ3) is 2.47. The molecule has 5 N–H and O–H groups in total. The minimum absolute atomic E-state index is 0.00608. The van der Waals surface area contributed by atoms with Gasteiger partial charge in [-0.15, -0.1) is 0 Å². The Hall–Kier alpha value is -2.15. The maximum absolute atomic E-state index is 13.5. The summed E-state index contributed by atoms with van der Waals surface area (Å²) in [7, 11) is 0. The van der Waals surface area contributed by atoms with E-state index >= 15 is 0 Å². The largest absolute Gasteiger partial charge is 0.369 e. The lowest BCUT2D eigenvalue weighted by Gasteiger charge is -2.50. The van der Waals surface area contributed by atoms with Crippen LogP contribution in [-0.4, -0.2) is 21.8 Å². The minimum atomic E-state index is -1.09. The van der Waals surface area contributed by atoms with Gasteiger partial charge in [-0.3, -0.25) is 9.59 Å². The Labute approximate surface area is 190 Å². The van der Waals surface area contributed by atoms with Crippen molar-refractivity contribution in [3.63, 3.8) is 0 Å². The van der Waals surface area contributed by atoms with Gasteiger partial charge in [-0.2, -0.15) is 0 Å². The summed E-state index contributed by atoms with van der Waals surface area (Å²) in [6, 6.07) is 7.75. The van der Waals surface area contributed by atoms with Gasteiger partial charge in [-0.05, 0) is 80.9 Å². The van der Waals surface area contributed by atoms with Crippen molar-refractivity contribution in [3.8, 4) is 0 Å². The Bertz CT molecular complexity index is 1050. The molecule has 1 aromatic carbocycles. The number of aromatic nitrogens is 2. The molecule has 1 spiro atoms. The SMILES string of the molecule is Cc1nc(CC[C@@]2(C(N)=O)[C@@H]3CC[C@@H](C34CC4)[C@@]2(C(N)=O)c2ccc(Br)cc2)[nH]c1C. The first-order valence-electron chi connectivity index (χ1n) is 11.1. The molecule has 31 heavy (non-hydrogen) atoms. The summed E-state index contributed by atoms with van der Waals surface area (Å²) >= 11 is 3.49. The third-order valence-corrected chi connectivity index (χ3v) is 9.37. The van der Waals surface area contributed by atoms with E-state index in [4.69, 9.17) is 11.5 Å². The molecule has 0 unspecified atom stereocenters. The second kappa shape index (κ2) is 6.67. The molecule has 2 bridgehead atoms. The maximum atomic E-state index is 13.5. The number of amides is 2. The molecule has 3 fully saturated rings. The van der Waals surface area contributed by atoms with E-state index < -0.39 is 22.6 Å². The summed E-state index contributed by atoms with van der Waals surface area (Å²) in [6.45, 7) is 3.95. The van der Waals surface area contributed by atoms with Gasteiger partial charge in [0.1, 0.15) is 5.82 Å². The maximum Gasteiger partial charge on any atom is 0.229 e. The smallest absolute Gasteiger partial charge is 0.229 e. The zero-order valence-corrected chi connectivity index (χ0v) is 19.6. The van der Waals surface area contributed by atoms with Gasteiger partial charge >= 0.3 is 0 Å². The van der Waals surface area contributed by atoms with E-state index in [0.29, 0.717) is 12.8 Å². The summed E-state index contributed by atoms with van der Waals surface area (Å²) in [5.74, 6) is 0.149. The second-order valence-electron chi connectivity index (χ2n) is 9.82. The first-order chi connectivity index (χ1) is 14.7. The van der Waals surface area contributed by atoms with Crippen LogP contribution in [0.25, 0.3) is 0 Å². The van der Waals surface area contributed by atoms with E-state index in [1.807, 2.05) is 38.1 Å². The van der Waals surface area contributed by atoms with Crippen LogP contribution in [0.5, 0.6) is 0 Å². The van der Waals surface area contributed by atoms with Gasteiger partial charge in [0.15, 0.2) is 0 Å². The number of benzene rings is 1. The Morgan fingerprint density at radius 2 is 1.74 bits per heavy atom. The summed E-state index contributed by atoms with van der Waals surface area (Å²) < 4.78 is 0.923. The average Bonchev–Trinajstić information content (AvgIpc) is 3.28. The molecule has 0 radical (unpaired) electrons. The van der Waals surface area contributed by atoms with Crippen molar-refractivity contribution in [1.82, 2.24) is 9.97 Å². The topological polar surface area (TPSA) is 115 Å². The van der Waals surface area contributed by atoms with Crippen molar-refractivity contribution in [1.29, 1.82) is 0 Å². The number of nitrogens with two attached hydrogens (primary N) is 2. The number of halogens is 1. The van der Waals surface area contributed by atoms with Crippen molar-refractivity contribution >= 4 is 27.7 Å². The quantitative estimate of drug-likeness (QED) is 0.582. The highest BCUT2D eigenvalue weighted by atomic mass is 79.9. The molecule has 3 aliphatic rings. The van der Waals surface area contributed by atoms with Crippen LogP contribution < -0.4 is 11.5 Å². The number of carbonyl (C=O) groups excluding carboxylic acids is 2. The van der Waals surface area contributed by atoms with Crippen LogP contribution >= 0.6 is 15.9 Å². The molecule has 3 aliphatic carbocycles. The van der Waals surface area contributed by atoms with Gasteiger partial charge in [0, 0.05) is 16.6 Å². The molecule has 5 rings (SSSR count). The van der Waals surface area contributed by atoms with Crippen molar-refractivity contribution in [2.75, 3.05) is 0 Å². The van der Waals surface area contributed by atoms with E-state index in [9.17, 15) is 9.59 Å². The van der Waals surface area contributed by atoms with E-state index in [-0.39, 0.29) is 17.3 Å². The lowest BCUT2D eigenvalue weighted by molar-refractivity contribution is -0.147. The standard InChI is InChI=1S/C24H29BrN4O2/c1-13-14(2)29-19(28-13)9-10-23(20(26)30)17-7-8-18(22(17)11-12-22)24(23,21(27)31)15-3-5-16(25)6-4-15/h3-6,17-18H,7-12H2,1-2H3,(H2,26,30)(H2,27,31)(H,28,29)/t17-,18+,23+,24-/m1/s1. The number of carbonyl (C=O) groups is 2.